The number of esters is 1. The van der Waals surface area contributed by atoms with Gasteiger partial charge in [0.25, 0.3) is 0 Å². The topological polar surface area (TPSA) is 92.8 Å². The average molecular weight is 298 g/mol. The monoisotopic (exact) mass is 298 g/mol. The van der Waals surface area contributed by atoms with E-state index in [1.165, 1.54) is 7.05 Å². The maximum Gasteiger partial charge on any atom is 0.417 e. The second-order valence-electron chi connectivity index (χ2n) is 5.45. The molecule has 0 aromatic heterocycles. The quantitative estimate of drug-likeness (QED) is 0.614. The number of amides is 2. The predicted molar refractivity (Wildman–Crippen MR) is 74.4 cm³/mol. The molecule has 0 aliphatic heterocycles. The average Bonchev–Trinajstić information content (AvgIpc) is 2.44. The highest BCUT2D eigenvalue weighted by atomic mass is 16.6. The molecule has 0 radical (unpaired) electrons. The van der Waals surface area contributed by atoms with Crippen molar-refractivity contribution < 1.29 is 23.9 Å². The number of nitrogens with zero attached hydrogens (tertiary/aromatic N) is 1. The fourth-order valence-corrected chi connectivity index (χ4v) is 2.07. The minimum atomic E-state index is -0.862. The third-order valence-electron chi connectivity index (χ3n) is 3.41. The number of rotatable bonds is 4. The summed E-state index contributed by atoms with van der Waals surface area (Å²) in [5.41, 5.74) is 0. The van der Waals surface area contributed by atoms with Crippen LogP contribution in [0.5, 0.6) is 0 Å². The van der Waals surface area contributed by atoms with E-state index < -0.39 is 18.1 Å². The van der Waals surface area contributed by atoms with Crippen molar-refractivity contribution in [1.29, 1.82) is 0 Å². The number of ether oxygens (including phenoxy) is 1. The zero-order chi connectivity index (χ0) is 16.0. The van der Waals surface area contributed by atoms with Gasteiger partial charge in [-0.05, 0) is 12.8 Å². The van der Waals surface area contributed by atoms with Crippen molar-refractivity contribution in [1.82, 2.24) is 10.2 Å². The third-order valence-corrected chi connectivity index (χ3v) is 3.41. The van der Waals surface area contributed by atoms with E-state index in [1.807, 2.05) is 0 Å². The van der Waals surface area contributed by atoms with E-state index in [4.69, 9.17) is 0 Å². The molecule has 1 N–H and O–H groups in total. The first-order chi connectivity index (χ1) is 9.82. The maximum atomic E-state index is 11.8. The van der Waals surface area contributed by atoms with Gasteiger partial charge in [-0.15, -0.1) is 0 Å². The van der Waals surface area contributed by atoms with Crippen LogP contribution in [0.1, 0.15) is 39.5 Å². The molecule has 0 aromatic rings. The minimum absolute atomic E-state index is 0.0127. The van der Waals surface area contributed by atoms with Gasteiger partial charge in [0, 0.05) is 19.4 Å². The molecule has 1 aliphatic carbocycles. The van der Waals surface area contributed by atoms with Crippen molar-refractivity contribution in [2.75, 3.05) is 13.6 Å². The van der Waals surface area contributed by atoms with Gasteiger partial charge in [-0.25, -0.2) is 9.59 Å². The van der Waals surface area contributed by atoms with Crippen LogP contribution in [0.2, 0.25) is 0 Å². The Bertz CT molecular complexity index is 433. The van der Waals surface area contributed by atoms with E-state index in [9.17, 15) is 19.2 Å². The lowest BCUT2D eigenvalue weighted by molar-refractivity contribution is -0.140. The molecule has 2 amide bonds. The largest absolute Gasteiger partial charge is 0.417 e. The minimum Gasteiger partial charge on any atom is -0.375 e. The Hall–Kier alpha value is -1.92. The molecule has 1 saturated carbocycles. The Balaban J connectivity index is 2.42. The van der Waals surface area contributed by atoms with Crippen molar-refractivity contribution in [3.8, 4) is 0 Å². The molecule has 0 aromatic carbocycles. The number of hydrogen-bond donors (Lipinski definition) is 1. The highest BCUT2D eigenvalue weighted by molar-refractivity contribution is 5.92. The summed E-state index contributed by atoms with van der Waals surface area (Å²) in [5.74, 6) is -1.41. The van der Waals surface area contributed by atoms with Gasteiger partial charge in [-0.2, -0.15) is 0 Å². The van der Waals surface area contributed by atoms with Gasteiger partial charge in [0.1, 0.15) is 6.54 Å². The summed E-state index contributed by atoms with van der Waals surface area (Å²) in [6.07, 6.45) is 1.87. The van der Waals surface area contributed by atoms with Crippen molar-refractivity contribution in [2.45, 2.75) is 45.6 Å². The first kappa shape index (κ1) is 17.1. The number of carbonyl (C=O) groups is 4. The number of Topliss-reactive ketones (excluding diaryl/α,β-unsaturated/α-hetero) is 1. The molecule has 1 aliphatic rings. The SMILES string of the molecule is CC(C)C(=O)NCC(=O)OC(=O)N(C)C1CCCCC1=O. The van der Waals surface area contributed by atoms with Gasteiger partial charge in [-0.3, -0.25) is 9.59 Å². The first-order valence-corrected chi connectivity index (χ1v) is 7.10. The highest BCUT2D eigenvalue weighted by Gasteiger charge is 2.30. The number of nitrogens with one attached hydrogen (secondary N) is 1. The Morgan fingerprint density at radius 3 is 2.57 bits per heavy atom. The summed E-state index contributed by atoms with van der Waals surface area (Å²) in [6, 6.07) is -0.524. The molecule has 0 saturated heterocycles. The molecule has 21 heavy (non-hydrogen) atoms. The van der Waals surface area contributed by atoms with E-state index in [1.54, 1.807) is 13.8 Å². The Kier molecular flexibility index (Phi) is 6.33. The van der Waals surface area contributed by atoms with E-state index in [-0.39, 0.29) is 24.2 Å². The number of ketones is 1. The van der Waals surface area contributed by atoms with Crippen molar-refractivity contribution in [3.63, 3.8) is 0 Å². The van der Waals surface area contributed by atoms with Gasteiger partial charge in [-0.1, -0.05) is 20.3 Å². The van der Waals surface area contributed by atoms with Crippen molar-refractivity contribution in [2.24, 2.45) is 5.92 Å². The van der Waals surface area contributed by atoms with Gasteiger partial charge in [0.05, 0.1) is 6.04 Å². The van der Waals surface area contributed by atoms with Crippen molar-refractivity contribution >= 4 is 23.8 Å². The molecule has 7 nitrogen and oxygen atoms in total. The summed E-state index contributed by atoms with van der Waals surface area (Å²) in [6.45, 7) is 3.01. The molecule has 1 unspecified atom stereocenters. The van der Waals surface area contributed by atoms with Crippen LogP contribution in [-0.4, -0.2) is 48.3 Å². The summed E-state index contributed by atoms with van der Waals surface area (Å²) < 4.78 is 4.63. The molecule has 0 heterocycles. The van der Waals surface area contributed by atoms with E-state index in [2.05, 4.69) is 10.1 Å². The van der Waals surface area contributed by atoms with E-state index >= 15 is 0 Å². The second-order valence-corrected chi connectivity index (χ2v) is 5.45. The van der Waals surface area contributed by atoms with Crippen LogP contribution in [0.3, 0.4) is 0 Å². The second kappa shape index (κ2) is 7.75. The van der Waals surface area contributed by atoms with Crippen LogP contribution in [0.4, 0.5) is 4.79 Å². The van der Waals surface area contributed by atoms with Crippen LogP contribution in [0.15, 0.2) is 0 Å². The molecule has 1 atom stereocenters. The molecule has 0 bridgehead atoms. The van der Waals surface area contributed by atoms with Gasteiger partial charge < -0.3 is 15.0 Å². The number of hydrogen-bond acceptors (Lipinski definition) is 5. The summed E-state index contributed by atoms with van der Waals surface area (Å²) in [4.78, 5) is 47.5. The highest BCUT2D eigenvalue weighted by Crippen LogP contribution is 2.19. The van der Waals surface area contributed by atoms with Crippen LogP contribution in [0.25, 0.3) is 0 Å². The van der Waals surface area contributed by atoms with E-state index in [0.29, 0.717) is 12.8 Å². The van der Waals surface area contributed by atoms with Crippen LogP contribution >= 0.6 is 0 Å². The number of carbonyl (C=O) groups excluding carboxylic acids is 4. The fraction of sp³-hybridized carbons (Fsp3) is 0.714. The Labute approximate surface area is 124 Å². The molecule has 7 heteroatoms. The zero-order valence-corrected chi connectivity index (χ0v) is 12.7. The third kappa shape index (κ3) is 5.17. The molecule has 118 valence electrons. The van der Waals surface area contributed by atoms with Crippen molar-refractivity contribution in [3.05, 3.63) is 0 Å². The Morgan fingerprint density at radius 1 is 1.33 bits per heavy atom. The smallest absolute Gasteiger partial charge is 0.375 e. The molecule has 0 spiro atoms. The lowest BCUT2D eigenvalue weighted by Gasteiger charge is -2.28. The standard InChI is InChI=1S/C14H22N2O5/c1-9(2)13(19)15-8-12(18)21-14(20)16(3)10-6-4-5-7-11(10)17/h9-10H,4-8H2,1-3H3,(H,15,19). The zero-order valence-electron chi connectivity index (χ0n) is 12.7. The Morgan fingerprint density at radius 2 is 2.00 bits per heavy atom. The lowest BCUT2D eigenvalue weighted by Crippen LogP contribution is -2.45. The molecular formula is C14H22N2O5. The fourth-order valence-electron chi connectivity index (χ4n) is 2.07. The number of likely N-dealkylation sites (N-methyl/N-ethyl adjacent to an activating group) is 1. The molecule has 1 fully saturated rings. The molecule has 1 rings (SSSR count). The first-order valence-electron chi connectivity index (χ1n) is 7.10. The van der Waals surface area contributed by atoms with Gasteiger partial charge in [0.2, 0.25) is 5.91 Å². The van der Waals surface area contributed by atoms with Crippen LogP contribution in [0, 0.1) is 5.92 Å². The lowest BCUT2D eigenvalue weighted by atomic mass is 9.93. The van der Waals surface area contributed by atoms with E-state index in [0.717, 1.165) is 17.7 Å². The predicted octanol–water partition coefficient (Wildman–Crippen LogP) is 0.865. The summed E-state index contributed by atoms with van der Waals surface area (Å²) >= 11 is 0. The van der Waals surface area contributed by atoms with Gasteiger partial charge >= 0.3 is 12.1 Å². The summed E-state index contributed by atoms with van der Waals surface area (Å²) in [7, 11) is 1.44. The molecular weight excluding hydrogens is 276 g/mol. The van der Waals surface area contributed by atoms with Crippen LogP contribution in [-0.2, 0) is 19.1 Å². The summed E-state index contributed by atoms with van der Waals surface area (Å²) in [5, 5.41) is 2.36. The van der Waals surface area contributed by atoms with Gasteiger partial charge in [0.15, 0.2) is 5.78 Å². The normalized spacial score (nSPS) is 18.3. The van der Waals surface area contributed by atoms with Crippen LogP contribution < -0.4 is 5.32 Å². The maximum absolute atomic E-state index is 11.8.